The van der Waals surface area contributed by atoms with Crippen LogP contribution in [0.2, 0.25) is 0 Å². The van der Waals surface area contributed by atoms with Gasteiger partial charge in [0, 0.05) is 15.4 Å². The summed E-state index contributed by atoms with van der Waals surface area (Å²) in [6.45, 7) is 0. The Bertz CT molecular complexity index is 640. The van der Waals surface area contributed by atoms with E-state index in [0.29, 0.717) is 11.1 Å². The van der Waals surface area contributed by atoms with E-state index in [1.807, 2.05) is 0 Å². The average Bonchev–Trinajstić information content (AvgIpc) is 2.80. The summed E-state index contributed by atoms with van der Waals surface area (Å²) in [7, 11) is 0. The molecule has 2 N–H and O–H groups in total. The third-order valence-corrected chi connectivity index (χ3v) is 4.19. The molecule has 0 fully saturated rings. The van der Waals surface area contributed by atoms with Crippen LogP contribution in [0.4, 0.5) is 0 Å². The Balaban J connectivity index is 2.04. The molecule has 0 bridgehead atoms. The molecule has 0 saturated carbocycles. The number of rotatable bonds is 3. The molecule has 0 radical (unpaired) electrons. The third kappa shape index (κ3) is 3.89. The topological polar surface area (TPSA) is 61.7 Å². The number of carbonyl (C=O) groups is 1. The molecule has 0 aliphatic heterocycles. The van der Waals surface area contributed by atoms with Gasteiger partial charge in [-0.05, 0) is 40.2 Å². The lowest BCUT2D eigenvalue weighted by atomic mass is 10.2. The number of phenols is 1. The molecule has 1 heterocycles. The smallest absolute Gasteiger partial charge is 0.272 e. The summed E-state index contributed by atoms with van der Waals surface area (Å²) in [6, 6.07) is 6.68. The van der Waals surface area contributed by atoms with Crippen LogP contribution in [0.1, 0.15) is 15.9 Å². The van der Waals surface area contributed by atoms with Gasteiger partial charge in [0.2, 0.25) is 0 Å². The van der Waals surface area contributed by atoms with E-state index in [-0.39, 0.29) is 11.7 Å². The van der Waals surface area contributed by atoms with Gasteiger partial charge in [0.1, 0.15) is 5.75 Å². The van der Waals surface area contributed by atoms with Crippen LogP contribution in [0, 0.1) is 0 Å². The number of phenolic OH excluding ortho intramolecular Hbond substituents is 1. The van der Waals surface area contributed by atoms with Crippen molar-refractivity contribution in [2.45, 2.75) is 0 Å². The molecule has 1 amide bonds. The number of amides is 1. The van der Waals surface area contributed by atoms with Gasteiger partial charge < -0.3 is 5.11 Å². The van der Waals surface area contributed by atoms with Gasteiger partial charge in [-0.2, -0.15) is 5.10 Å². The van der Waals surface area contributed by atoms with Crippen molar-refractivity contribution in [1.82, 2.24) is 5.43 Å². The predicted octanol–water partition coefficient (Wildman–Crippen LogP) is 3.74. The maximum atomic E-state index is 11.7. The Morgan fingerprint density at radius 1 is 1.37 bits per heavy atom. The van der Waals surface area contributed by atoms with Crippen molar-refractivity contribution in [3.63, 3.8) is 0 Å². The quantitative estimate of drug-likeness (QED) is 0.605. The second-order valence-electron chi connectivity index (χ2n) is 3.54. The molecule has 0 unspecified atom stereocenters. The highest BCUT2D eigenvalue weighted by Crippen LogP contribution is 2.21. The first-order valence-electron chi connectivity index (χ1n) is 5.12. The van der Waals surface area contributed by atoms with Gasteiger partial charge in [-0.15, -0.1) is 11.3 Å². The third-order valence-electron chi connectivity index (χ3n) is 2.19. The van der Waals surface area contributed by atoms with Gasteiger partial charge in [-0.1, -0.05) is 15.9 Å². The molecular weight excluding hydrogens is 396 g/mol. The first-order valence-corrected chi connectivity index (χ1v) is 7.59. The van der Waals surface area contributed by atoms with Crippen molar-refractivity contribution in [2.75, 3.05) is 0 Å². The van der Waals surface area contributed by atoms with Crippen molar-refractivity contribution in [2.24, 2.45) is 5.10 Å². The minimum absolute atomic E-state index is 0.0967. The largest absolute Gasteiger partial charge is 0.507 e. The van der Waals surface area contributed by atoms with Crippen LogP contribution >= 0.6 is 43.2 Å². The molecule has 7 heteroatoms. The zero-order chi connectivity index (χ0) is 13.8. The molecule has 0 saturated heterocycles. The normalized spacial score (nSPS) is 10.8. The maximum Gasteiger partial charge on any atom is 0.272 e. The summed E-state index contributed by atoms with van der Waals surface area (Å²) >= 11 is 8.00. The summed E-state index contributed by atoms with van der Waals surface area (Å²) in [4.78, 5) is 11.7. The monoisotopic (exact) mass is 402 g/mol. The van der Waals surface area contributed by atoms with Crippen LogP contribution in [0.5, 0.6) is 5.75 Å². The number of carbonyl (C=O) groups excluding carboxylic acids is 1. The lowest BCUT2D eigenvalue weighted by Crippen LogP contribution is -2.16. The number of halogens is 2. The van der Waals surface area contributed by atoms with Crippen LogP contribution in [0.25, 0.3) is 0 Å². The van der Waals surface area contributed by atoms with Gasteiger partial charge in [0.15, 0.2) is 0 Å². The molecule has 2 rings (SSSR count). The van der Waals surface area contributed by atoms with E-state index in [1.165, 1.54) is 17.6 Å². The molecule has 0 spiro atoms. The van der Waals surface area contributed by atoms with Crippen LogP contribution in [0.15, 0.2) is 43.0 Å². The summed E-state index contributed by atoms with van der Waals surface area (Å²) in [5.74, 6) is -0.202. The summed E-state index contributed by atoms with van der Waals surface area (Å²) < 4.78 is 1.70. The number of nitrogens with one attached hydrogen (secondary N) is 1. The molecule has 19 heavy (non-hydrogen) atoms. The van der Waals surface area contributed by atoms with Crippen molar-refractivity contribution in [1.29, 1.82) is 0 Å². The predicted molar refractivity (Wildman–Crippen MR) is 82.9 cm³/mol. The minimum Gasteiger partial charge on any atom is -0.507 e. The fraction of sp³-hybridized carbons (Fsp3) is 0. The first-order chi connectivity index (χ1) is 9.06. The Morgan fingerprint density at radius 2 is 2.16 bits per heavy atom. The second-order valence-corrected chi connectivity index (χ2v) is 6.75. The number of thiophene rings is 1. The highest BCUT2D eigenvalue weighted by Gasteiger charge is 2.06. The first kappa shape index (κ1) is 14.2. The number of benzene rings is 1. The Kier molecular flexibility index (Phi) is 4.73. The van der Waals surface area contributed by atoms with Gasteiger partial charge in [-0.3, -0.25) is 4.79 Å². The lowest BCUT2D eigenvalue weighted by Gasteiger charge is -1.99. The molecule has 0 aliphatic carbocycles. The molecule has 0 atom stereocenters. The van der Waals surface area contributed by atoms with Crippen LogP contribution < -0.4 is 5.43 Å². The van der Waals surface area contributed by atoms with Crippen molar-refractivity contribution >= 4 is 55.3 Å². The van der Waals surface area contributed by atoms with E-state index in [0.717, 1.165) is 8.26 Å². The zero-order valence-corrected chi connectivity index (χ0v) is 13.4. The molecule has 0 aliphatic rings. The standard InChI is InChI=1S/C12H8Br2N2O2S/c13-9-1-2-10(17)7(3-9)5-15-16-12(18)8-4-11(14)19-6-8/h1-6,17H,(H,16,18)/b15-5+. The number of aromatic hydroxyl groups is 1. The van der Waals surface area contributed by atoms with Gasteiger partial charge in [0.25, 0.3) is 5.91 Å². The number of hydrazone groups is 1. The summed E-state index contributed by atoms with van der Waals surface area (Å²) in [6.07, 6.45) is 1.39. The van der Waals surface area contributed by atoms with Gasteiger partial charge >= 0.3 is 0 Å². The van der Waals surface area contributed by atoms with Crippen LogP contribution in [0.3, 0.4) is 0 Å². The van der Waals surface area contributed by atoms with E-state index in [2.05, 4.69) is 42.4 Å². The van der Waals surface area contributed by atoms with E-state index in [4.69, 9.17) is 0 Å². The van der Waals surface area contributed by atoms with Crippen LogP contribution in [-0.2, 0) is 0 Å². The zero-order valence-electron chi connectivity index (χ0n) is 9.43. The fourth-order valence-electron chi connectivity index (χ4n) is 1.28. The summed E-state index contributed by atoms with van der Waals surface area (Å²) in [5.41, 5.74) is 3.45. The van der Waals surface area contributed by atoms with E-state index < -0.39 is 0 Å². The summed E-state index contributed by atoms with van der Waals surface area (Å²) in [5, 5.41) is 15.1. The Labute approximate surface area is 130 Å². The average molecular weight is 404 g/mol. The number of nitrogens with zero attached hydrogens (tertiary/aromatic N) is 1. The van der Waals surface area contributed by atoms with E-state index in [9.17, 15) is 9.90 Å². The second kappa shape index (κ2) is 6.31. The van der Waals surface area contributed by atoms with Gasteiger partial charge in [-0.25, -0.2) is 5.43 Å². The Morgan fingerprint density at radius 3 is 2.84 bits per heavy atom. The van der Waals surface area contributed by atoms with Crippen molar-refractivity contribution < 1.29 is 9.90 Å². The van der Waals surface area contributed by atoms with Crippen LogP contribution in [-0.4, -0.2) is 17.2 Å². The molecule has 98 valence electrons. The van der Waals surface area contributed by atoms with E-state index in [1.54, 1.807) is 29.6 Å². The SMILES string of the molecule is O=C(N/N=C/c1cc(Br)ccc1O)c1csc(Br)c1. The number of hydrogen-bond donors (Lipinski definition) is 2. The van der Waals surface area contributed by atoms with Crippen molar-refractivity contribution in [3.8, 4) is 5.75 Å². The molecule has 2 aromatic rings. The maximum absolute atomic E-state index is 11.7. The van der Waals surface area contributed by atoms with Crippen molar-refractivity contribution in [3.05, 3.63) is 49.0 Å². The highest BCUT2D eigenvalue weighted by atomic mass is 79.9. The fourth-order valence-corrected chi connectivity index (χ4v) is 2.80. The Hall–Kier alpha value is -1.18. The van der Waals surface area contributed by atoms with Gasteiger partial charge in [0.05, 0.1) is 15.6 Å². The number of hydrogen-bond acceptors (Lipinski definition) is 4. The van der Waals surface area contributed by atoms with E-state index >= 15 is 0 Å². The highest BCUT2D eigenvalue weighted by molar-refractivity contribution is 9.11. The molecule has 4 nitrogen and oxygen atoms in total. The minimum atomic E-state index is -0.298. The lowest BCUT2D eigenvalue weighted by molar-refractivity contribution is 0.0955. The molecular formula is C12H8Br2N2O2S. The molecule has 1 aromatic heterocycles. The molecule has 1 aromatic carbocycles.